The zero-order valence-electron chi connectivity index (χ0n) is 16.7. The lowest BCUT2D eigenvalue weighted by atomic mass is 10.1. The predicted octanol–water partition coefficient (Wildman–Crippen LogP) is 2.42. The van der Waals surface area contributed by atoms with E-state index >= 15 is 0 Å². The summed E-state index contributed by atoms with van der Waals surface area (Å²) in [6.45, 7) is 7.89. The van der Waals surface area contributed by atoms with E-state index in [2.05, 4.69) is 4.90 Å². The fraction of sp³-hybridized carbons (Fsp3) is 0.600. The van der Waals surface area contributed by atoms with Crippen LogP contribution in [0.3, 0.4) is 0 Å². The lowest BCUT2D eigenvalue weighted by Crippen LogP contribution is -2.38. The fourth-order valence-electron chi connectivity index (χ4n) is 2.51. The van der Waals surface area contributed by atoms with Crippen molar-refractivity contribution < 1.29 is 19.1 Å². The topological polar surface area (TPSA) is 59.1 Å². The number of benzene rings is 1. The normalized spacial score (nSPS) is 10.7. The van der Waals surface area contributed by atoms with Gasteiger partial charge < -0.3 is 19.3 Å². The maximum absolute atomic E-state index is 12.6. The van der Waals surface area contributed by atoms with E-state index in [-0.39, 0.29) is 24.9 Å². The van der Waals surface area contributed by atoms with Gasteiger partial charge in [0.15, 0.2) is 6.61 Å². The smallest absolute Gasteiger partial charge is 0.307 e. The number of ether oxygens (including phenoxy) is 2. The molecule has 1 aromatic rings. The van der Waals surface area contributed by atoms with Crippen LogP contribution in [0.4, 0.5) is 0 Å². The minimum atomic E-state index is -0.284. The Hall–Kier alpha value is -2.08. The number of hydrogen-bond donors (Lipinski definition) is 0. The maximum atomic E-state index is 12.6. The first kappa shape index (κ1) is 22.0. The third kappa shape index (κ3) is 7.87. The van der Waals surface area contributed by atoms with Crippen LogP contribution < -0.4 is 4.74 Å². The Bertz CT molecular complexity index is 587. The summed E-state index contributed by atoms with van der Waals surface area (Å²) < 4.78 is 10.7. The summed E-state index contributed by atoms with van der Waals surface area (Å²) >= 11 is 0. The number of aryl methyl sites for hydroxylation is 1. The largest absolute Gasteiger partial charge is 0.483 e. The second-order valence-corrected chi connectivity index (χ2v) is 6.58. The third-order valence-electron chi connectivity index (χ3n) is 4.18. The van der Waals surface area contributed by atoms with Gasteiger partial charge >= 0.3 is 5.97 Å². The summed E-state index contributed by atoms with van der Waals surface area (Å²) in [6.07, 6.45) is 1.04. The Morgan fingerprint density at radius 1 is 1.08 bits per heavy atom. The highest BCUT2D eigenvalue weighted by Gasteiger charge is 2.16. The zero-order valence-corrected chi connectivity index (χ0v) is 16.7. The van der Waals surface area contributed by atoms with Gasteiger partial charge in [-0.3, -0.25) is 9.59 Å². The van der Waals surface area contributed by atoms with Crippen LogP contribution in [0, 0.1) is 13.8 Å². The van der Waals surface area contributed by atoms with Gasteiger partial charge in [-0.1, -0.05) is 12.1 Å². The first-order valence-electron chi connectivity index (χ1n) is 9.12. The quantitative estimate of drug-likeness (QED) is 0.565. The van der Waals surface area contributed by atoms with Gasteiger partial charge in [-0.15, -0.1) is 0 Å². The standard InChI is InChI=1S/C20H32N2O4/c1-6-25-20(24)11-14-22(13-8-12-21(4)5)19(23)15-26-18-10-7-9-16(2)17(18)3/h7,9-10H,6,8,11-15H2,1-5H3. The van der Waals surface area contributed by atoms with Crippen molar-refractivity contribution in [1.82, 2.24) is 9.80 Å². The van der Waals surface area contributed by atoms with E-state index in [9.17, 15) is 9.59 Å². The molecule has 0 aliphatic heterocycles. The highest BCUT2D eigenvalue weighted by Crippen LogP contribution is 2.20. The summed E-state index contributed by atoms with van der Waals surface area (Å²) in [5.74, 6) is 0.319. The Morgan fingerprint density at radius 3 is 2.46 bits per heavy atom. The van der Waals surface area contributed by atoms with E-state index in [0.29, 0.717) is 19.7 Å². The molecule has 0 aromatic heterocycles. The van der Waals surface area contributed by atoms with E-state index < -0.39 is 0 Å². The molecule has 0 heterocycles. The van der Waals surface area contributed by atoms with Crippen molar-refractivity contribution in [2.24, 2.45) is 0 Å². The number of carbonyl (C=O) groups excluding carboxylic acids is 2. The van der Waals surface area contributed by atoms with Gasteiger partial charge in [0.25, 0.3) is 5.91 Å². The molecule has 0 fully saturated rings. The van der Waals surface area contributed by atoms with E-state index in [1.165, 1.54) is 0 Å². The van der Waals surface area contributed by atoms with Crippen LogP contribution in [-0.2, 0) is 14.3 Å². The Kier molecular flexibility index (Phi) is 9.73. The fourth-order valence-corrected chi connectivity index (χ4v) is 2.51. The van der Waals surface area contributed by atoms with Gasteiger partial charge in [0.1, 0.15) is 5.75 Å². The van der Waals surface area contributed by atoms with Gasteiger partial charge in [0, 0.05) is 13.1 Å². The molecule has 0 saturated heterocycles. The molecule has 0 radical (unpaired) electrons. The van der Waals surface area contributed by atoms with Crippen LogP contribution in [0.1, 0.15) is 30.9 Å². The number of amides is 1. The molecule has 0 N–H and O–H groups in total. The number of esters is 1. The molecule has 0 aliphatic rings. The lowest BCUT2D eigenvalue weighted by molar-refractivity contribution is -0.144. The van der Waals surface area contributed by atoms with Gasteiger partial charge in [-0.05, 0) is 65.0 Å². The van der Waals surface area contributed by atoms with Gasteiger partial charge in [0.2, 0.25) is 0 Å². The Labute approximate surface area is 157 Å². The molecule has 1 aromatic carbocycles. The molecule has 0 aliphatic carbocycles. The molecule has 26 heavy (non-hydrogen) atoms. The Morgan fingerprint density at radius 2 is 1.81 bits per heavy atom. The van der Waals surface area contributed by atoms with Crippen molar-refractivity contribution in [3.05, 3.63) is 29.3 Å². The van der Waals surface area contributed by atoms with Crippen molar-refractivity contribution >= 4 is 11.9 Å². The molecule has 0 saturated carbocycles. The molecule has 0 bridgehead atoms. The highest BCUT2D eigenvalue weighted by molar-refractivity contribution is 5.78. The van der Waals surface area contributed by atoms with Crippen molar-refractivity contribution in [2.75, 3.05) is 46.9 Å². The monoisotopic (exact) mass is 364 g/mol. The minimum Gasteiger partial charge on any atom is -0.483 e. The number of carbonyl (C=O) groups is 2. The molecule has 1 rings (SSSR count). The van der Waals surface area contributed by atoms with Crippen molar-refractivity contribution in [3.8, 4) is 5.75 Å². The van der Waals surface area contributed by atoms with Crippen LogP contribution >= 0.6 is 0 Å². The van der Waals surface area contributed by atoms with Crippen LogP contribution in [0.5, 0.6) is 5.75 Å². The van der Waals surface area contributed by atoms with Crippen LogP contribution in [0.25, 0.3) is 0 Å². The third-order valence-corrected chi connectivity index (χ3v) is 4.18. The number of rotatable bonds is 11. The average molecular weight is 364 g/mol. The number of nitrogens with zero attached hydrogens (tertiary/aromatic N) is 2. The molecule has 0 unspecified atom stereocenters. The van der Waals surface area contributed by atoms with Crippen molar-refractivity contribution in [3.63, 3.8) is 0 Å². The van der Waals surface area contributed by atoms with Gasteiger partial charge in [0.05, 0.1) is 13.0 Å². The molecule has 6 heteroatoms. The van der Waals surface area contributed by atoms with Crippen molar-refractivity contribution in [2.45, 2.75) is 33.6 Å². The Balaban J connectivity index is 2.63. The zero-order chi connectivity index (χ0) is 19.5. The molecular formula is C20H32N2O4. The van der Waals surface area contributed by atoms with Crippen LogP contribution in [0.15, 0.2) is 18.2 Å². The first-order valence-corrected chi connectivity index (χ1v) is 9.12. The van der Waals surface area contributed by atoms with E-state index in [4.69, 9.17) is 9.47 Å². The lowest BCUT2D eigenvalue weighted by Gasteiger charge is -2.23. The predicted molar refractivity (Wildman–Crippen MR) is 102 cm³/mol. The minimum absolute atomic E-state index is 0.0327. The van der Waals surface area contributed by atoms with Gasteiger partial charge in [-0.25, -0.2) is 0 Å². The van der Waals surface area contributed by atoms with E-state index in [1.54, 1.807) is 11.8 Å². The maximum Gasteiger partial charge on any atom is 0.307 e. The first-order chi connectivity index (χ1) is 12.3. The number of hydrogen-bond acceptors (Lipinski definition) is 5. The molecule has 1 amide bonds. The molecule has 0 atom stereocenters. The molecular weight excluding hydrogens is 332 g/mol. The molecule has 146 valence electrons. The SMILES string of the molecule is CCOC(=O)CCN(CCCN(C)C)C(=O)COc1cccc(C)c1C. The summed E-state index contributed by atoms with van der Waals surface area (Å²) in [6, 6.07) is 5.79. The highest BCUT2D eigenvalue weighted by atomic mass is 16.5. The van der Waals surface area contributed by atoms with Crippen LogP contribution in [-0.4, -0.2) is 68.6 Å². The second-order valence-electron chi connectivity index (χ2n) is 6.58. The second kappa shape index (κ2) is 11.5. The summed E-state index contributed by atoms with van der Waals surface area (Å²) in [5, 5.41) is 0. The molecule has 0 spiro atoms. The summed E-state index contributed by atoms with van der Waals surface area (Å²) in [4.78, 5) is 28.0. The average Bonchev–Trinajstić information content (AvgIpc) is 2.59. The van der Waals surface area contributed by atoms with Crippen LogP contribution in [0.2, 0.25) is 0 Å². The van der Waals surface area contributed by atoms with E-state index in [0.717, 1.165) is 29.8 Å². The summed E-state index contributed by atoms with van der Waals surface area (Å²) in [7, 11) is 3.99. The molecule has 6 nitrogen and oxygen atoms in total. The van der Waals surface area contributed by atoms with Gasteiger partial charge in [-0.2, -0.15) is 0 Å². The summed E-state index contributed by atoms with van der Waals surface area (Å²) in [5.41, 5.74) is 2.16. The van der Waals surface area contributed by atoms with Crippen molar-refractivity contribution in [1.29, 1.82) is 0 Å². The van der Waals surface area contributed by atoms with E-state index in [1.807, 2.05) is 46.1 Å².